The molecule has 3 N–H and O–H groups in total. The minimum Gasteiger partial charge on any atom is -0.399 e. The lowest BCUT2D eigenvalue weighted by molar-refractivity contribution is 0.0933. The van der Waals surface area contributed by atoms with E-state index in [1.807, 2.05) is 13.0 Å². The minimum absolute atomic E-state index is 0.0165. The van der Waals surface area contributed by atoms with E-state index in [2.05, 4.69) is 16.8 Å². The van der Waals surface area contributed by atoms with E-state index < -0.39 is 0 Å². The van der Waals surface area contributed by atoms with Gasteiger partial charge in [-0.05, 0) is 67.0 Å². The Morgan fingerprint density at radius 3 is 3.05 bits per heavy atom. The molecule has 3 rings (SSSR count). The van der Waals surface area contributed by atoms with Gasteiger partial charge in [0.05, 0.1) is 6.04 Å². The SMILES string of the molecule is Cc1cc(C(=O)NC2CCCc3sccc32)ccc1N. The highest BCUT2D eigenvalue weighted by Gasteiger charge is 2.23. The number of fused-ring (bicyclic) bond motifs is 1. The molecule has 1 atom stereocenters. The van der Waals surface area contributed by atoms with Gasteiger partial charge in [0.25, 0.3) is 5.91 Å². The number of carbonyl (C=O) groups is 1. The topological polar surface area (TPSA) is 55.1 Å². The number of anilines is 1. The highest BCUT2D eigenvalue weighted by molar-refractivity contribution is 7.10. The van der Waals surface area contributed by atoms with Crippen LogP contribution in [0.5, 0.6) is 0 Å². The Labute approximate surface area is 122 Å². The quantitative estimate of drug-likeness (QED) is 0.831. The minimum atomic E-state index is -0.0165. The number of aryl methyl sites for hydroxylation is 2. The van der Waals surface area contributed by atoms with Crippen molar-refractivity contribution in [2.24, 2.45) is 0 Å². The molecule has 0 aliphatic heterocycles. The monoisotopic (exact) mass is 286 g/mol. The fourth-order valence-corrected chi connectivity index (χ4v) is 3.68. The Bertz CT molecular complexity index is 648. The summed E-state index contributed by atoms with van der Waals surface area (Å²) in [4.78, 5) is 13.8. The van der Waals surface area contributed by atoms with Crippen LogP contribution in [0.3, 0.4) is 0 Å². The van der Waals surface area contributed by atoms with Crippen molar-refractivity contribution in [3.63, 3.8) is 0 Å². The average Bonchev–Trinajstić information content (AvgIpc) is 2.91. The van der Waals surface area contributed by atoms with Crippen LogP contribution in [0.4, 0.5) is 5.69 Å². The summed E-state index contributed by atoms with van der Waals surface area (Å²) in [6, 6.07) is 7.71. The first-order valence-electron chi connectivity index (χ1n) is 6.88. The molecule has 0 spiro atoms. The second-order valence-electron chi connectivity index (χ2n) is 5.29. The average molecular weight is 286 g/mol. The van der Waals surface area contributed by atoms with Crippen LogP contribution >= 0.6 is 11.3 Å². The maximum atomic E-state index is 12.4. The van der Waals surface area contributed by atoms with Crippen molar-refractivity contribution in [3.05, 3.63) is 51.2 Å². The van der Waals surface area contributed by atoms with Crippen LogP contribution in [0.2, 0.25) is 0 Å². The maximum Gasteiger partial charge on any atom is 0.251 e. The molecule has 0 fully saturated rings. The Kier molecular flexibility index (Phi) is 3.49. The highest BCUT2D eigenvalue weighted by Crippen LogP contribution is 2.33. The first kappa shape index (κ1) is 13.2. The van der Waals surface area contributed by atoms with Crippen molar-refractivity contribution in [1.29, 1.82) is 0 Å². The van der Waals surface area contributed by atoms with Gasteiger partial charge in [-0.3, -0.25) is 4.79 Å². The van der Waals surface area contributed by atoms with Crippen LogP contribution in [0, 0.1) is 6.92 Å². The van der Waals surface area contributed by atoms with Crippen LogP contribution < -0.4 is 11.1 Å². The summed E-state index contributed by atoms with van der Waals surface area (Å²) in [6.45, 7) is 1.92. The zero-order valence-corrected chi connectivity index (χ0v) is 12.3. The Balaban J connectivity index is 1.79. The molecule has 1 aromatic heterocycles. The number of hydrogen-bond acceptors (Lipinski definition) is 3. The molecule has 1 amide bonds. The number of rotatable bonds is 2. The number of nitrogen functional groups attached to an aromatic ring is 1. The van der Waals surface area contributed by atoms with E-state index in [4.69, 9.17) is 5.73 Å². The zero-order valence-electron chi connectivity index (χ0n) is 11.5. The van der Waals surface area contributed by atoms with Gasteiger partial charge < -0.3 is 11.1 Å². The molecule has 3 nitrogen and oxygen atoms in total. The number of nitrogens with two attached hydrogens (primary N) is 1. The maximum absolute atomic E-state index is 12.4. The van der Waals surface area contributed by atoms with Gasteiger partial charge in [-0.15, -0.1) is 11.3 Å². The molecule has 0 saturated carbocycles. The molecular formula is C16H18N2OS. The first-order valence-corrected chi connectivity index (χ1v) is 7.76. The Morgan fingerprint density at radius 1 is 1.40 bits per heavy atom. The lowest BCUT2D eigenvalue weighted by Crippen LogP contribution is -2.30. The number of benzene rings is 1. The van der Waals surface area contributed by atoms with Crippen LogP contribution in [0.25, 0.3) is 0 Å². The summed E-state index contributed by atoms with van der Waals surface area (Å²) in [7, 11) is 0. The van der Waals surface area contributed by atoms with Crippen molar-refractivity contribution >= 4 is 22.9 Å². The predicted molar refractivity (Wildman–Crippen MR) is 83.1 cm³/mol. The first-order chi connectivity index (χ1) is 9.65. The molecule has 2 aromatic rings. The number of nitrogens with one attached hydrogen (secondary N) is 1. The lowest BCUT2D eigenvalue weighted by Gasteiger charge is -2.23. The van der Waals surface area contributed by atoms with Gasteiger partial charge >= 0.3 is 0 Å². The van der Waals surface area contributed by atoms with Crippen molar-refractivity contribution < 1.29 is 4.79 Å². The van der Waals surface area contributed by atoms with Crippen LogP contribution in [0.1, 0.15) is 45.2 Å². The largest absolute Gasteiger partial charge is 0.399 e. The zero-order chi connectivity index (χ0) is 14.1. The van der Waals surface area contributed by atoms with Crippen molar-refractivity contribution in [3.8, 4) is 0 Å². The predicted octanol–water partition coefficient (Wildman–Crippen LogP) is 3.45. The van der Waals surface area contributed by atoms with E-state index in [0.717, 1.165) is 30.5 Å². The number of thiophene rings is 1. The molecule has 1 aliphatic carbocycles. The number of carbonyl (C=O) groups excluding carboxylic acids is 1. The lowest BCUT2D eigenvalue weighted by atomic mass is 9.93. The van der Waals surface area contributed by atoms with Gasteiger partial charge in [0.1, 0.15) is 0 Å². The molecule has 104 valence electrons. The third-order valence-electron chi connectivity index (χ3n) is 3.89. The summed E-state index contributed by atoms with van der Waals surface area (Å²) >= 11 is 1.79. The summed E-state index contributed by atoms with van der Waals surface area (Å²) in [5.74, 6) is -0.0165. The highest BCUT2D eigenvalue weighted by atomic mass is 32.1. The van der Waals surface area contributed by atoms with Gasteiger partial charge in [-0.1, -0.05) is 0 Å². The van der Waals surface area contributed by atoms with E-state index in [1.54, 1.807) is 23.5 Å². The molecule has 1 aliphatic rings. The molecule has 0 radical (unpaired) electrons. The van der Waals surface area contributed by atoms with E-state index in [-0.39, 0.29) is 11.9 Å². The van der Waals surface area contributed by atoms with Crippen molar-refractivity contribution in [2.75, 3.05) is 5.73 Å². The standard InChI is InChI=1S/C16H18N2OS/c1-10-9-11(5-6-13(10)17)16(19)18-14-3-2-4-15-12(14)7-8-20-15/h5-9,14H,2-4,17H2,1H3,(H,18,19). The molecule has 1 aromatic carbocycles. The van der Waals surface area contributed by atoms with Gasteiger partial charge in [0.2, 0.25) is 0 Å². The van der Waals surface area contributed by atoms with Gasteiger partial charge in [0.15, 0.2) is 0 Å². The third kappa shape index (κ3) is 2.43. The molecule has 20 heavy (non-hydrogen) atoms. The van der Waals surface area contributed by atoms with Gasteiger partial charge in [-0.25, -0.2) is 0 Å². The van der Waals surface area contributed by atoms with Crippen LogP contribution in [0.15, 0.2) is 29.6 Å². The van der Waals surface area contributed by atoms with Crippen molar-refractivity contribution in [2.45, 2.75) is 32.2 Å². The van der Waals surface area contributed by atoms with Crippen LogP contribution in [-0.2, 0) is 6.42 Å². The molecule has 0 bridgehead atoms. The molecular weight excluding hydrogens is 268 g/mol. The van der Waals surface area contributed by atoms with E-state index in [0.29, 0.717) is 5.56 Å². The second kappa shape index (κ2) is 5.29. The smallest absolute Gasteiger partial charge is 0.251 e. The molecule has 1 heterocycles. The second-order valence-corrected chi connectivity index (χ2v) is 6.29. The van der Waals surface area contributed by atoms with E-state index in [9.17, 15) is 4.79 Å². The van der Waals surface area contributed by atoms with E-state index in [1.165, 1.54) is 10.4 Å². The molecule has 0 saturated heterocycles. The van der Waals surface area contributed by atoms with E-state index >= 15 is 0 Å². The van der Waals surface area contributed by atoms with Gasteiger partial charge in [-0.2, -0.15) is 0 Å². The summed E-state index contributed by atoms with van der Waals surface area (Å²) in [5.41, 5.74) is 9.43. The number of amides is 1. The Hall–Kier alpha value is -1.81. The van der Waals surface area contributed by atoms with Gasteiger partial charge in [0, 0.05) is 16.1 Å². The van der Waals surface area contributed by atoms with Crippen molar-refractivity contribution in [1.82, 2.24) is 5.32 Å². The molecule has 1 unspecified atom stereocenters. The van der Waals surface area contributed by atoms with Crippen LogP contribution in [-0.4, -0.2) is 5.91 Å². The Morgan fingerprint density at radius 2 is 2.25 bits per heavy atom. The summed E-state index contributed by atoms with van der Waals surface area (Å²) < 4.78 is 0. The molecule has 4 heteroatoms. The number of hydrogen-bond donors (Lipinski definition) is 2. The summed E-state index contributed by atoms with van der Waals surface area (Å²) in [5, 5.41) is 5.26. The summed E-state index contributed by atoms with van der Waals surface area (Å²) in [6.07, 6.45) is 3.29. The third-order valence-corrected chi connectivity index (χ3v) is 4.89. The fourth-order valence-electron chi connectivity index (χ4n) is 2.69. The fraction of sp³-hybridized carbons (Fsp3) is 0.312. The normalized spacial score (nSPS) is 17.6.